The second-order valence-corrected chi connectivity index (χ2v) is 3.81. The minimum atomic E-state index is 0.714. The summed E-state index contributed by atoms with van der Waals surface area (Å²) in [6.07, 6.45) is 2.99. The highest BCUT2D eigenvalue weighted by Crippen LogP contribution is 2.10. The van der Waals surface area contributed by atoms with E-state index in [1.807, 2.05) is 54.6 Å². The number of hydrogen-bond acceptors (Lipinski definition) is 4. The Bertz CT molecular complexity index is 624. The van der Waals surface area contributed by atoms with Crippen LogP contribution < -0.4 is 0 Å². The third-order valence-corrected chi connectivity index (χ3v) is 2.43. The number of nitriles is 1. The van der Waals surface area contributed by atoms with Gasteiger partial charge in [0.25, 0.3) is 0 Å². The zero-order chi connectivity index (χ0) is 14.0. The van der Waals surface area contributed by atoms with Gasteiger partial charge in [-0.25, -0.2) is 15.0 Å². The summed E-state index contributed by atoms with van der Waals surface area (Å²) in [5.74, 6) is 0.714. The van der Waals surface area contributed by atoms with Crippen molar-refractivity contribution in [2.45, 2.75) is 0 Å². The van der Waals surface area contributed by atoms with Crippen LogP contribution in [0.3, 0.4) is 0 Å². The highest BCUT2D eigenvalue weighted by molar-refractivity contribution is 5.53. The van der Waals surface area contributed by atoms with E-state index in [0.717, 1.165) is 5.56 Å². The Labute approximate surface area is 117 Å². The van der Waals surface area contributed by atoms with E-state index in [9.17, 15) is 0 Å². The molecule has 4 heteroatoms. The molecule has 0 saturated carbocycles. The predicted octanol–water partition coefficient (Wildman–Crippen LogP) is 3.10. The maximum atomic E-state index is 8.29. The van der Waals surface area contributed by atoms with Crippen LogP contribution in [0, 0.1) is 11.3 Å². The van der Waals surface area contributed by atoms with Crippen molar-refractivity contribution < 1.29 is 0 Å². The van der Waals surface area contributed by atoms with Gasteiger partial charge in [0.2, 0.25) is 0 Å². The highest BCUT2D eigenvalue weighted by Gasteiger charge is 1.95. The van der Waals surface area contributed by atoms with Crippen LogP contribution in [0.4, 0.5) is 0 Å². The van der Waals surface area contributed by atoms with E-state index in [0.29, 0.717) is 11.4 Å². The zero-order valence-corrected chi connectivity index (χ0v) is 10.7. The largest absolute Gasteiger partial charge is 0.225 e. The molecule has 0 saturated heterocycles. The van der Waals surface area contributed by atoms with Crippen molar-refractivity contribution in [2.75, 3.05) is 0 Å². The Morgan fingerprint density at radius 3 is 1.80 bits per heavy atom. The number of nitrogens with zero attached hydrogens (tertiary/aromatic N) is 4. The molecule has 0 N–H and O–H groups in total. The lowest BCUT2D eigenvalue weighted by atomic mass is 10.2. The molecule has 0 atom stereocenters. The van der Waals surface area contributed by atoms with Gasteiger partial charge in [-0.3, -0.25) is 0 Å². The quantitative estimate of drug-likeness (QED) is 0.674. The molecule has 0 bridgehead atoms. The lowest BCUT2D eigenvalue weighted by Gasteiger charge is -1.95. The second-order valence-electron chi connectivity index (χ2n) is 3.81. The average Bonchev–Trinajstić information content (AvgIpc) is 2.58. The molecule has 0 spiro atoms. The molecule has 96 valence electrons. The Balaban J connectivity index is 0.000000160. The van der Waals surface area contributed by atoms with Gasteiger partial charge in [0.15, 0.2) is 5.82 Å². The Morgan fingerprint density at radius 2 is 1.30 bits per heavy atom. The first kappa shape index (κ1) is 13.4. The number of rotatable bonds is 1. The molecule has 4 nitrogen and oxygen atoms in total. The van der Waals surface area contributed by atoms with E-state index in [1.165, 1.54) is 12.7 Å². The normalized spacial score (nSPS) is 8.95. The van der Waals surface area contributed by atoms with Crippen molar-refractivity contribution in [3.63, 3.8) is 0 Å². The molecule has 0 amide bonds. The Kier molecular flexibility index (Phi) is 4.94. The van der Waals surface area contributed by atoms with Crippen molar-refractivity contribution in [3.8, 4) is 17.5 Å². The molecule has 3 aromatic rings. The third-order valence-electron chi connectivity index (χ3n) is 2.43. The fraction of sp³-hybridized carbons (Fsp3) is 0. The van der Waals surface area contributed by atoms with Crippen LogP contribution in [-0.2, 0) is 0 Å². The molecule has 2 aromatic carbocycles. The molecule has 0 radical (unpaired) electrons. The highest BCUT2D eigenvalue weighted by atomic mass is 15.0. The van der Waals surface area contributed by atoms with E-state index in [1.54, 1.807) is 12.1 Å². The van der Waals surface area contributed by atoms with Crippen LogP contribution in [0.25, 0.3) is 11.4 Å². The molecule has 0 aliphatic heterocycles. The van der Waals surface area contributed by atoms with Gasteiger partial charge in [-0.15, -0.1) is 0 Å². The Morgan fingerprint density at radius 1 is 0.750 bits per heavy atom. The van der Waals surface area contributed by atoms with E-state index in [-0.39, 0.29) is 0 Å². The van der Waals surface area contributed by atoms with Crippen LogP contribution in [0.2, 0.25) is 0 Å². The summed E-state index contributed by atoms with van der Waals surface area (Å²) in [5.41, 5.74) is 1.73. The SMILES string of the molecule is N#Cc1ccccc1.c1ccc(-c2ncncn2)cc1. The molecule has 1 heterocycles. The summed E-state index contributed by atoms with van der Waals surface area (Å²) in [6, 6.07) is 21.0. The van der Waals surface area contributed by atoms with Crippen molar-refractivity contribution >= 4 is 0 Å². The molecule has 0 aliphatic carbocycles. The first-order valence-electron chi connectivity index (χ1n) is 6.02. The standard InChI is InChI=1S/C9H7N3.C7H5N/c1-2-4-8(5-3-1)9-11-6-10-7-12-9;8-6-7-4-2-1-3-5-7/h1-7H;1-5H. The third kappa shape index (κ3) is 4.00. The summed E-state index contributed by atoms with van der Waals surface area (Å²) in [4.78, 5) is 11.8. The lowest BCUT2D eigenvalue weighted by molar-refractivity contribution is 1.06. The summed E-state index contributed by atoms with van der Waals surface area (Å²) < 4.78 is 0. The molecule has 0 aliphatic rings. The topological polar surface area (TPSA) is 62.5 Å². The van der Waals surface area contributed by atoms with Crippen LogP contribution in [-0.4, -0.2) is 15.0 Å². The van der Waals surface area contributed by atoms with Gasteiger partial charge in [0.05, 0.1) is 11.6 Å². The van der Waals surface area contributed by atoms with Crippen molar-refractivity contribution in [2.24, 2.45) is 0 Å². The Hall–Kier alpha value is -3.06. The van der Waals surface area contributed by atoms with Gasteiger partial charge < -0.3 is 0 Å². The number of benzene rings is 2. The number of aromatic nitrogens is 3. The summed E-state index contributed by atoms with van der Waals surface area (Å²) in [5, 5.41) is 8.29. The van der Waals surface area contributed by atoms with Gasteiger partial charge >= 0.3 is 0 Å². The maximum Gasteiger partial charge on any atom is 0.162 e. The second kappa shape index (κ2) is 7.39. The molecule has 0 fully saturated rings. The average molecular weight is 260 g/mol. The van der Waals surface area contributed by atoms with Gasteiger partial charge in [-0.1, -0.05) is 48.5 Å². The molecule has 20 heavy (non-hydrogen) atoms. The summed E-state index contributed by atoms with van der Waals surface area (Å²) >= 11 is 0. The first-order chi connectivity index (χ1) is 9.90. The summed E-state index contributed by atoms with van der Waals surface area (Å²) in [6.45, 7) is 0. The van der Waals surface area contributed by atoms with Crippen molar-refractivity contribution in [3.05, 3.63) is 78.9 Å². The minimum Gasteiger partial charge on any atom is -0.225 e. The molecular formula is C16H12N4. The van der Waals surface area contributed by atoms with Crippen LogP contribution in [0.15, 0.2) is 73.3 Å². The number of hydrogen-bond donors (Lipinski definition) is 0. The molecule has 3 rings (SSSR count). The fourth-order valence-corrected chi connectivity index (χ4v) is 1.49. The predicted molar refractivity (Wildman–Crippen MR) is 76.4 cm³/mol. The molecular weight excluding hydrogens is 248 g/mol. The lowest BCUT2D eigenvalue weighted by Crippen LogP contribution is -1.87. The summed E-state index contributed by atoms with van der Waals surface area (Å²) in [7, 11) is 0. The van der Waals surface area contributed by atoms with Gasteiger partial charge in [0, 0.05) is 5.56 Å². The molecule has 1 aromatic heterocycles. The van der Waals surface area contributed by atoms with Gasteiger partial charge in [-0.05, 0) is 12.1 Å². The first-order valence-corrected chi connectivity index (χ1v) is 6.02. The van der Waals surface area contributed by atoms with Crippen molar-refractivity contribution in [1.29, 1.82) is 5.26 Å². The zero-order valence-electron chi connectivity index (χ0n) is 10.7. The van der Waals surface area contributed by atoms with Gasteiger partial charge in [-0.2, -0.15) is 5.26 Å². The van der Waals surface area contributed by atoms with Crippen LogP contribution >= 0.6 is 0 Å². The smallest absolute Gasteiger partial charge is 0.162 e. The van der Waals surface area contributed by atoms with E-state index < -0.39 is 0 Å². The van der Waals surface area contributed by atoms with E-state index in [2.05, 4.69) is 15.0 Å². The van der Waals surface area contributed by atoms with Crippen LogP contribution in [0.1, 0.15) is 5.56 Å². The van der Waals surface area contributed by atoms with Crippen LogP contribution in [0.5, 0.6) is 0 Å². The fourth-order valence-electron chi connectivity index (χ4n) is 1.49. The van der Waals surface area contributed by atoms with E-state index >= 15 is 0 Å². The maximum absolute atomic E-state index is 8.29. The van der Waals surface area contributed by atoms with Gasteiger partial charge in [0.1, 0.15) is 12.7 Å². The minimum absolute atomic E-state index is 0.714. The molecule has 0 unspecified atom stereocenters. The van der Waals surface area contributed by atoms with E-state index in [4.69, 9.17) is 5.26 Å². The monoisotopic (exact) mass is 260 g/mol. The van der Waals surface area contributed by atoms with Crippen molar-refractivity contribution in [1.82, 2.24) is 15.0 Å².